The molecule has 2 heterocycles. The summed E-state index contributed by atoms with van der Waals surface area (Å²) in [6.07, 6.45) is 5.79. The predicted octanol–water partition coefficient (Wildman–Crippen LogP) is 4.08. The number of aliphatic imine (C=N–C) groups is 1. The maximum absolute atomic E-state index is 5.46. The molecule has 166 valence electrons. The number of furan rings is 1. The standard InChI is InChI=1S/C24H31N5O.HI/c1-17-23(18(2)29(3)28-17)16-26-24(25-13-12-22-9-6-14-30-22)27-21-11-10-19-7-4-5-8-20(19)15-21;/h4-9,14,21H,10-13,15-16H2,1-3H3,(H2,25,26,27);1H. The van der Waals surface area contributed by atoms with E-state index in [-0.39, 0.29) is 24.0 Å². The molecule has 0 bridgehead atoms. The Labute approximate surface area is 201 Å². The molecule has 1 aliphatic carbocycles. The second-order valence-electron chi connectivity index (χ2n) is 8.05. The predicted molar refractivity (Wildman–Crippen MR) is 135 cm³/mol. The second kappa shape index (κ2) is 10.8. The van der Waals surface area contributed by atoms with Gasteiger partial charge < -0.3 is 15.1 Å². The third-order valence-corrected chi connectivity index (χ3v) is 5.99. The number of aromatic nitrogens is 2. The quantitative estimate of drug-likeness (QED) is 0.285. The third kappa shape index (κ3) is 5.90. The number of benzene rings is 1. The summed E-state index contributed by atoms with van der Waals surface area (Å²) in [6.45, 7) is 5.53. The zero-order valence-electron chi connectivity index (χ0n) is 18.5. The van der Waals surface area contributed by atoms with Gasteiger partial charge in [-0.1, -0.05) is 24.3 Å². The number of rotatable bonds is 6. The highest BCUT2D eigenvalue weighted by molar-refractivity contribution is 14.0. The van der Waals surface area contributed by atoms with Crippen molar-refractivity contribution in [2.24, 2.45) is 12.0 Å². The van der Waals surface area contributed by atoms with E-state index in [1.165, 1.54) is 16.7 Å². The molecule has 0 radical (unpaired) electrons. The lowest BCUT2D eigenvalue weighted by molar-refractivity contribution is 0.501. The number of hydrogen-bond acceptors (Lipinski definition) is 3. The van der Waals surface area contributed by atoms with Crippen LogP contribution in [-0.2, 0) is 32.9 Å². The second-order valence-corrected chi connectivity index (χ2v) is 8.05. The monoisotopic (exact) mass is 533 g/mol. The Balaban J connectivity index is 0.00000272. The van der Waals surface area contributed by atoms with Crippen LogP contribution in [0, 0.1) is 13.8 Å². The van der Waals surface area contributed by atoms with Crippen molar-refractivity contribution in [3.05, 3.63) is 76.5 Å². The van der Waals surface area contributed by atoms with E-state index in [0.717, 1.165) is 55.3 Å². The van der Waals surface area contributed by atoms with Crippen molar-refractivity contribution in [2.45, 2.75) is 52.1 Å². The fourth-order valence-electron chi connectivity index (χ4n) is 4.13. The SMILES string of the molecule is Cc1nn(C)c(C)c1CN=C(NCCc1ccco1)NC1CCc2ccccc2C1.I. The van der Waals surface area contributed by atoms with Crippen LogP contribution in [0.25, 0.3) is 0 Å². The van der Waals surface area contributed by atoms with Crippen LogP contribution in [-0.4, -0.2) is 28.3 Å². The summed E-state index contributed by atoms with van der Waals surface area (Å²) in [7, 11) is 1.98. The number of hydrogen-bond donors (Lipinski definition) is 2. The average Bonchev–Trinajstić information content (AvgIpc) is 3.34. The lowest BCUT2D eigenvalue weighted by Gasteiger charge is -2.27. The van der Waals surface area contributed by atoms with Gasteiger partial charge in [0.1, 0.15) is 5.76 Å². The third-order valence-electron chi connectivity index (χ3n) is 5.99. The Morgan fingerprint density at radius 3 is 2.71 bits per heavy atom. The smallest absolute Gasteiger partial charge is 0.191 e. The van der Waals surface area contributed by atoms with Gasteiger partial charge in [0.15, 0.2) is 5.96 Å². The number of halogens is 1. The van der Waals surface area contributed by atoms with Crippen LogP contribution < -0.4 is 10.6 Å². The van der Waals surface area contributed by atoms with Crippen LogP contribution in [0.2, 0.25) is 0 Å². The molecule has 6 nitrogen and oxygen atoms in total. The van der Waals surface area contributed by atoms with Crippen molar-refractivity contribution in [3.63, 3.8) is 0 Å². The van der Waals surface area contributed by atoms with E-state index in [1.54, 1.807) is 6.26 Å². The normalized spacial score (nSPS) is 15.8. The van der Waals surface area contributed by atoms with E-state index >= 15 is 0 Å². The molecule has 31 heavy (non-hydrogen) atoms. The summed E-state index contributed by atoms with van der Waals surface area (Å²) >= 11 is 0. The minimum Gasteiger partial charge on any atom is -0.469 e. The largest absolute Gasteiger partial charge is 0.469 e. The van der Waals surface area contributed by atoms with Crippen molar-refractivity contribution < 1.29 is 4.42 Å². The molecule has 7 heteroatoms. The van der Waals surface area contributed by atoms with Gasteiger partial charge in [-0.2, -0.15) is 5.10 Å². The molecule has 2 aromatic heterocycles. The van der Waals surface area contributed by atoms with Gasteiger partial charge in [-0.05, 0) is 56.4 Å². The Kier molecular flexibility index (Phi) is 8.17. The van der Waals surface area contributed by atoms with Crippen molar-refractivity contribution in [1.82, 2.24) is 20.4 Å². The minimum absolute atomic E-state index is 0. The Morgan fingerprint density at radius 1 is 1.19 bits per heavy atom. The molecule has 0 aliphatic heterocycles. The van der Waals surface area contributed by atoms with Gasteiger partial charge in [0.25, 0.3) is 0 Å². The summed E-state index contributed by atoms with van der Waals surface area (Å²) in [6, 6.07) is 13.1. The zero-order chi connectivity index (χ0) is 20.9. The number of aryl methyl sites for hydroxylation is 3. The Hall–Kier alpha value is -2.29. The van der Waals surface area contributed by atoms with Gasteiger partial charge in [-0.25, -0.2) is 4.99 Å². The molecular formula is C24H32IN5O. The van der Waals surface area contributed by atoms with E-state index < -0.39 is 0 Å². The van der Waals surface area contributed by atoms with Crippen LogP contribution >= 0.6 is 24.0 Å². The van der Waals surface area contributed by atoms with Crippen LogP contribution in [0.15, 0.2) is 52.1 Å². The molecule has 3 aromatic rings. The number of nitrogens with zero attached hydrogens (tertiary/aromatic N) is 3. The molecule has 0 amide bonds. The molecule has 1 aliphatic rings. The highest BCUT2D eigenvalue weighted by Crippen LogP contribution is 2.21. The Bertz CT molecular complexity index is 1010. The van der Waals surface area contributed by atoms with Gasteiger partial charge in [0.2, 0.25) is 0 Å². The van der Waals surface area contributed by atoms with Gasteiger partial charge in [-0.3, -0.25) is 4.68 Å². The van der Waals surface area contributed by atoms with Gasteiger partial charge in [0.05, 0.1) is 18.5 Å². The minimum atomic E-state index is 0. The average molecular weight is 533 g/mol. The first-order valence-electron chi connectivity index (χ1n) is 10.7. The van der Waals surface area contributed by atoms with Crippen molar-refractivity contribution in [3.8, 4) is 0 Å². The van der Waals surface area contributed by atoms with Crippen molar-refractivity contribution in [1.29, 1.82) is 0 Å². The molecule has 0 fully saturated rings. The molecule has 0 saturated heterocycles. The topological polar surface area (TPSA) is 67.4 Å². The molecule has 0 saturated carbocycles. The maximum atomic E-state index is 5.46. The number of guanidine groups is 1. The van der Waals surface area contributed by atoms with E-state index in [2.05, 4.69) is 46.9 Å². The fraction of sp³-hybridized carbons (Fsp3) is 0.417. The van der Waals surface area contributed by atoms with E-state index in [4.69, 9.17) is 9.41 Å². The molecule has 1 aromatic carbocycles. The molecule has 2 N–H and O–H groups in total. The van der Waals surface area contributed by atoms with Crippen molar-refractivity contribution in [2.75, 3.05) is 6.54 Å². The maximum Gasteiger partial charge on any atom is 0.191 e. The van der Waals surface area contributed by atoms with Crippen LogP contribution in [0.5, 0.6) is 0 Å². The number of fused-ring (bicyclic) bond motifs is 1. The lowest BCUT2D eigenvalue weighted by Crippen LogP contribution is -2.46. The van der Waals surface area contributed by atoms with Crippen LogP contribution in [0.3, 0.4) is 0 Å². The first-order chi connectivity index (χ1) is 14.6. The first-order valence-corrected chi connectivity index (χ1v) is 10.7. The molecule has 1 atom stereocenters. The molecular weight excluding hydrogens is 501 g/mol. The van der Waals surface area contributed by atoms with Crippen LogP contribution in [0.4, 0.5) is 0 Å². The zero-order valence-corrected chi connectivity index (χ0v) is 20.8. The molecule has 4 rings (SSSR count). The number of nitrogens with one attached hydrogen (secondary N) is 2. The summed E-state index contributed by atoms with van der Waals surface area (Å²) in [4.78, 5) is 4.91. The lowest BCUT2D eigenvalue weighted by atomic mass is 9.88. The Morgan fingerprint density at radius 2 is 2.00 bits per heavy atom. The van der Waals surface area contributed by atoms with Crippen molar-refractivity contribution >= 4 is 29.9 Å². The summed E-state index contributed by atoms with van der Waals surface area (Å²) in [5, 5.41) is 11.7. The summed E-state index contributed by atoms with van der Waals surface area (Å²) in [5.41, 5.74) is 6.31. The van der Waals surface area contributed by atoms with Crippen LogP contribution in [0.1, 0.15) is 40.3 Å². The van der Waals surface area contributed by atoms with E-state index in [9.17, 15) is 0 Å². The highest BCUT2D eigenvalue weighted by Gasteiger charge is 2.19. The van der Waals surface area contributed by atoms with Gasteiger partial charge >= 0.3 is 0 Å². The van der Waals surface area contributed by atoms with E-state index in [1.807, 2.05) is 30.8 Å². The molecule has 1 unspecified atom stereocenters. The fourth-order valence-corrected chi connectivity index (χ4v) is 4.13. The summed E-state index contributed by atoms with van der Waals surface area (Å²) in [5.74, 6) is 1.83. The summed E-state index contributed by atoms with van der Waals surface area (Å²) < 4.78 is 7.38. The van der Waals surface area contributed by atoms with Gasteiger partial charge in [-0.15, -0.1) is 24.0 Å². The van der Waals surface area contributed by atoms with E-state index in [0.29, 0.717) is 12.6 Å². The highest BCUT2D eigenvalue weighted by atomic mass is 127. The van der Waals surface area contributed by atoms with Gasteiger partial charge in [0, 0.05) is 37.3 Å². The first kappa shape index (κ1) is 23.4. The molecule has 0 spiro atoms.